The number of benzene rings is 1. The van der Waals surface area contributed by atoms with Crippen LogP contribution in [0.4, 0.5) is 0 Å². The zero-order valence-electron chi connectivity index (χ0n) is 6.70. The smallest absolute Gasteiger partial charge is 0.200 e. The highest BCUT2D eigenvalue weighted by Gasteiger charge is 2.25. The Morgan fingerprint density at radius 1 is 1.23 bits per heavy atom. The van der Waals surface area contributed by atoms with Crippen molar-refractivity contribution in [1.82, 2.24) is 0 Å². The Hall–Kier alpha value is -0.800. The predicted molar refractivity (Wildman–Crippen MR) is 52.3 cm³/mol. The summed E-state index contributed by atoms with van der Waals surface area (Å²) in [5.41, 5.74) is 1.41. The first-order chi connectivity index (χ1) is 6.15. The maximum atomic E-state index is 11.5. The SMILES string of the molecule is O=S1(=O)C=C(CCl)c2ccccc21. The van der Waals surface area contributed by atoms with E-state index < -0.39 is 9.84 Å². The lowest BCUT2D eigenvalue weighted by atomic mass is 10.1. The summed E-state index contributed by atoms with van der Waals surface area (Å²) in [5.74, 6) is 0.232. The molecule has 0 bridgehead atoms. The summed E-state index contributed by atoms with van der Waals surface area (Å²) in [5, 5.41) is 1.24. The van der Waals surface area contributed by atoms with Crippen LogP contribution in [0.2, 0.25) is 0 Å². The molecule has 68 valence electrons. The molecule has 0 amide bonds. The lowest BCUT2D eigenvalue weighted by Gasteiger charge is -1.98. The van der Waals surface area contributed by atoms with Gasteiger partial charge < -0.3 is 0 Å². The Labute approximate surface area is 81.8 Å². The van der Waals surface area contributed by atoms with Gasteiger partial charge in [-0.15, -0.1) is 11.6 Å². The van der Waals surface area contributed by atoms with Crippen LogP contribution in [0.3, 0.4) is 0 Å². The molecule has 1 aliphatic rings. The average molecular weight is 215 g/mol. The second kappa shape index (κ2) is 2.86. The maximum Gasteiger partial charge on any atom is 0.200 e. The lowest BCUT2D eigenvalue weighted by Crippen LogP contribution is -1.91. The summed E-state index contributed by atoms with van der Waals surface area (Å²) >= 11 is 5.63. The van der Waals surface area contributed by atoms with Crippen LogP contribution in [0.25, 0.3) is 5.57 Å². The van der Waals surface area contributed by atoms with Gasteiger partial charge in [-0.1, -0.05) is 18.2 Å². The number of alkyl halides is 1. The van der Waals surface area contributed by atoms with Gasteiger partial charge in [-0.05, 0) is 17.2 Å². The van der Waals surface area contributed by atoms with Gasteiger partial charge in [0.25, 0.3) is 0 Å². The molecule has 2 rings (SSSR count). The minimum Gasteiger partial charge on any atom is -0.219 e. The van der Waals surface area contributed by atoms with Crippen molar-refractivity contribution in [3.63, 3.8) is 0 Å². The number of fused-ring (bicyclic) bond motifs is 1. The highest BCUT2D eigenvalue weighted by Crippen LogP contribution is 2.33. The van der Waals surface area contributed by atoms with E-state index in [0.717, 1.165) is 5.56 Å². The van der Waals surface area contributed by atoms with Gasteiger partial charge in [-0.3, -0.25) is 0 Å². The maximum absolute atomic E-state index is 11.5. The van der Waals surface area contributed by atoms with Crippen LogP contribution in [0.5, 0.6) is 0 Å². The Balaban J connectivity index is 2.76. The van der Waals surface area contributed by atoms with E-state index >= 15 is 0 Å². The van der Waals surface area contributed by atoms with Crippen LogP contribution in [0.1, 0.15) is 5.56 Å². The van der Waals surface area contributed by atoms with E-state index in [0.29, 0.717) is 10.5 Å². The zero-order valence-corrected chi connectivity index (χ0v) is 8.27. The molecule has 0 aromatic heterocycles. The fourth-order valence-electron chi connectivity index (χ4n) is 1.40. The van der Waals surface area contributed by atoms with E-state index in [4.69, 9.17) is 11.6 Å². The standard InChI is InChI=1S/C9H7ClO2S/c10-5-7-6-13(11,12)9-4-2-1-3-8(7)9/h1-4,6H,5H2. The van der Waals surface area contributed by atoms with Gasteiger partial charge in [0.1, 0.15) is 0 Å². The topological polar surface area (TPSA) is 34.1 Å². The monoisotopic (exact) mass is 214 g/mol. The van der Waals surface area contributed by atoms with E-state index in [1.165, 1.54) is 5.41 Å². The first-order valence-corrected chi connectivity index (χ1v) is 5.84. The van der Waals surface area contributed by atoms with Crippen molar-refractivity contribution in [3.05, 3.63) is 35.2 Å². The van der Waals surface area contributed by atoms with E-state index in [9.17, 15) is 8.42 Å². The van der Waals surface area contributed by atoms with Crippen molar-refractivity contribution in [3.8, 4) is 0 Å². The van der Waals surface area contributed by atoms with Gasteiger partial charge in [0.15, 0.2) is 0 Å². The third-order valence-corrected chi connectivity index (χ3v) is 3.83. The molecule has 0 aliphatic carbocycles. The Morgan fingerprint density at radius 2 is 1.92 bits per heavy atom. The summed E-state index contributed by atoms with van der Waals surface area (Å²) < 4.78 is 23.0. The summed E-state index contributed by atoms with van der Waals surface area (Å²) in [4.78, 5) is 0.366. The predicted octanol–water partition coefficient (Wildman–Crippen LogP) is 2.05. The van der Waals surface area contributed by atoms with Crippen molar-refractivity contribution >= 4 is 27.0 Å². The second-order valence-corrected chi connectivity index (χ2v) is 4.85. The fourth-order valence-corrected chi connectivity index (χ4v) is 3.20. The largest absolute Gasteiger partial charge is 0.219 e. The van der Waals surface area contributed by atoms with Crippen molar-refractivity contribution in [2.75, 3.05) is 5.88 Å². The van der Waals surface area contributed by atoms with E-state index in [1.54, 1.807) is 24.3 Å². The lowest BCUT2D eigenvalue weighted by molar-refractivity contribution is 0.605. The van der Waals surface area contributed by atoms with Gasteiger partial charge in [-0.2, -0.15) is 0 Å². The molecule has 13 heavy (non-hydrogen) atoms. The number of hydrogen-bond donors (Lipinski definition) is 0. The van der Waals surface area contributed by atoms with E-state index in [1.807, 2.05) is 0 Å². The molecule has 2 nitrogen and oxygen atoms in total. The van der Waals surface area contributed by atoms with Crippen molar-refractivity contribution < 1.29 is 8.42 Å². The van der Waals surface area contributed by atoms with Crippen LogP contribution in [-0.4, -0.2) is 14.3 Å². The first kappa shape index (κ1) is 8.78. The third-order valence-electron chi connectivity index (χ3n) is 1.98. The minimum absolute atomic E-state index is 0.232. The van der Waals surface area contributed by atoms with Gasteiger partial charge >= 0.3 is 0 Å². The molecule has 1 aliphatic heterocycles. The summed E-state index contributed by atoms with van der Waals surface area (Å²) in [6.45, 7) is 0. The van der Waals surface area contributed by atoms with Crippen LogP contribution in [0.15, 0.2) is 34.6 Å². The normalized spacial score (nSPS) is 18.1. The molecular weight excluding hydrogens is 208 g/mol. The fraction of sp³-hybridized carbons (Fsp3) is 0.111. The quantitative estimate of drug-likeness (QED) is 0.671. The van der Waals surface area contributed by atoms with E-state index in [-0.39, 0.29) is 5.88 Å². The summed E-state index contributed by atoms with van der Waals surface area (Å²) in [6.07, 6.45) is 0. The minimum atomic E-state index is -3.21. The number of halogens is 1. The van der Waals surface area contributed by atoms with Gasteiger partial charge in [-0.25, -0.2) is 8.42 Å². The van der Waals surface area contributed by atoms with Crippen molar-refractivity contribution in [2.45, 2.75) is 4.90 Å². The molecule has 1 heterocycles. The summed E-state index contributed by atoms with van der Waals surface area (Å²) in [7, 11) is -3.21. The molecule has 0 radical (unpaired) electrons. The Kier molecular flexibility index (Phi) is 1.93. The first-order valence-electron chi connectivity index (χ1n) is 3.76. The van der Waals surface area contributed by atoms with Crippen molar-refractivity contribution in [1.29, 1.82) is 0 Å². The second-order valence-electron chi connectivity index (χ2n) is 2.82. The molecule has 0 saturated carbocycles. The highest BCUT2D eigenvalue weighted by atomic mass is 35.5. The zero-order chi connectivity index (χ0) is 9.47. The van der Waals surface area contributed by atoms with Gasteiger partial charge in [0.2, 0.25) is 9.84 Å². The van der Waals surface area contributed by atoms with Crippen LogP contribution in [0, 0.1) is 0 Å². The third kappa shape index (κ3) is 1.28. The molecule has 0 saturated heterocycles. The molecule has 0 atom stereocenters. The van der Waals surface area contributed by atoms with Crippen LogP contribution >= 0.6 is 11.6 Å². The highest BCUT2D eigenvalue weighted by molar-refractivity contribution is 7.95. The molecule has 1 aromatic rings. The molecular formula is C9H7ClO2S. The molecule has 0 spiro atoms. The number of sulfone groups is 1. The Bertz CT molecular complexity index is 474. The van der Waals surface area contributed by atoms with Crippen LogP contribution < -0.4 is 0 Å². The van der Waals surface area contributed by atoms with Crippen LogP contribution in [-0.2, 0) is 9.84 Å². The molecule has 0 fully saturated rings. The molecule has 0 unspecified atom stereocenters. The molecule has 0 N–H and O–H groups in total. The number of hydrogen-bond acceptors (Lipinski definition) is 2. The Morgan fingerprint density at radius 3 is 2.62 bits per heavy atom. The average Bonchev–Trinajstić information content (AvgIpc) is 2.39. The summed E-state index contributed by atoms with van der Waals surface area (Å²) in [6, 6.07) is 6.89. The number of allylic oxidation sites excluding steroid dienone is 1. The van der Waals surface area contributed by atoms with Crippen molar-refractivity contribution in [2.24, 2.45) is 0 Å². The molecule has 1 aromatic carbocycles. The van der Waals surface area contributed by atoms with Gasteiger partial charge in [0.05, 0.1) is 4.90 Å². The van der Waals surface area contributed by atoms with E-state index in [2.05, 4.69) is 0 Å². The molecule has 4 heteroatoms. The number of rotatable bonds is 1. The van der Waals surface area contributed by atoms with Gasteiger partial charge in [0, 0.05) is 11.3 Å².